The van der Waals surface area contributed by atoms with Crippen LogP contribution in [0, 0.1) is 0 Å². The minimum Gasteiger partial charge on any atom is -0.456 e. The van der Waals surface area contributed by atoms with E-state index in [9.17, 15) is 0 Å². The average molecular weight is 1200 g/mol. The Kier molecular flexibility index (Phi) is 13.0. The topological polar surface area (TPSA) is 39.2 Å². The molecule has 2 aliphatic heterocycles. The maximum absolute atomic E-state index is 6.91. The van der Waals surface area contributed by atoms with Crippen molar-refractivity contribution in [2.45, 2.75) is 52.4 Å². The van der Waals surface area contributed by atoms with Crippen LogP contribution in [0.25, 0.3) is 66.1 Å². The zero-order valence-corrected chi connectivity index (χ0v) is 53.0. The molecule has 0 radical (unpaired) electrons. The van der Waals surface area contributed by atoms with E-state index in [4.69, 9.17) is 8.83 Å². The molecule has 0 saturated heterocycles. The lowest BCUT2D eigenvalue weighted by Crippen LogP contribution is -2.61. The van der Waals surface area contributed by atoms with E-state index < -0.39 is 0 Å². The second kappa shape index (κ2) is 21.7. The van der Waals surface area contributed by atoms with Gasteiger partial charge < -0.3 is 28.4 Å². The molecule has 0 spiro atoms. The van der Waals surface area contributed by atoms with E-state index in [2.05, 4.69) is 352 Å². The molecule has 13 aromatic carbocycles. The van der Waals surface area contributed by atoms with E-state index in [0.29, 0.717) is 0 Å². The summed E-state index contributed by atoms with van der Waals surface area (Å²) < 4.78 is 13.4. The van der Waals surface area contributed by atoms with Gasteiger partial charge in [0.2, 0.25) is 0 Å². The Morgan fingerprint density at radius 3 is 1.41 bits per heavy atom. The lowest BCUT2D eigenvalue weighted by atomic mass is 9.33. The molecule has 6 nitrogen and oxygen atoms in total. The van der Waals surface area contributed by atoms with Gasteiger partial charge in [-0.1, -0.05) is 217 Å². The molecule has 93 heavy (non-hydrogen) atoms. The van der Waals surface area contributed by atoms with Crippen LogP contribution in [-0.4, -0.2) is 6.71 Å². The number of hydrogen-bond donors (Lipinski definition) is 0. The van der Waals surface area contributed by atoms with Gasteiger partial charge in [-0.2, -0.15) is 0 Å². The smallest absolute Gasteiger partial charge is 0.252 e. The number of anilines is 12. The number of furan rings is 2. The predicted octanol–water partition coefficient (Wildman–Crippen LogP) is 22.4. The highest BCUT2D eigenvalue weighted by Crippen LogP contribution is 2.52. The summed E-state index contributed by atoms with van der Waals surface area (Å²) in [4.78, 5) is 9.99. The summed E-state index contributed by atoms with van der Waals surface area (Å²) in [7, 11) is 0. The van der Waals surface area contributed by atoms with Crippen molar-refractivity contribution in [3.63, 3.8) is 0 Å². The van der Waals surface area contributed by atoms with E-state index in [1.807, 2.05) is 6.07 Å². The number of nitrogens with zero attached hydrogens (tertiary/aromatic N) is 4. The molecule has 0 amide bonds. The third kappa shape index (κ3) is 9.48. The number of para-hydroxylation sites is 3. The Bertz CT molecular complexity index is 5360. The van der Waals surface area contributed by atoms with Gasteiger partial charge in [0, 0.05) is 73.0 Å². The Hall–Kier alpha value is -11.3. The lowest BCUT2D eigenvalue weighted by Gasteiger charge is -2.45. The van der Waals surface area contributed by atoms with Crippen LogP contribution < -0.4 is 36.0 Å². The molecule has 15 aromatic rings. The summed E-state index contributed by atoms with van der Waals surface area (Å²) in [5.41, 5.74) is 26.7. The molecule has 2 aromatic heterocycles. The number of rotatable bonds is 10. The first-order valence-electron chi connectivity index (χ1n) is 32.3. The molecule has 0 saturated carbocycles. The van der Waals surface area contributed by atoms with Gasteiger partial charge in [-0.3, -0.25) is 0 Å². The largest absolute Gasteiger partial charge is 0.456 e. The fourth-order valence-electron chi connectivity index (χ4n) is 14.5. The van der Waals surface area contributed by atoms with Crippen molar-refractivity contribution in [3.05, 3.63) is 308 Å². The van der Waals surface area contributed by atoms with Crippen molar-refractivity contribution in [1.82, 2.24) is 0 Å². The molecule has 7 heteroatoms. The third-order valence-electron chi connectivity index (χ3n) is 19.1. The molecule has 0 atom stereocenters. The van der Waals surface area contributed by atoms with E-state index in [1.54, 1.807) is 0 Å². The third-order valence-corrected chi connectivity index (χ3v) is 19.1. The molecule has 17 rings (SSSR count). The second-order valence-electron chi connectivity index (χ2n) is 26.9. The maximum Gasteiger partial charge on any atom is 0.252 e. The van der Waals surface area contributed by atoms with Crippen molar-refractivity contribution in [1.29, 1.82) is 0 Å². The molecule has 0 fully saturated rings. The molecule has 0 aliphatic carbocycles. The zero-order valence-electron chi connectivity index (χ0n) is 53.0. The van der Waals surface area contributed by atoms with Crippen LogP contribution in [0.15, 0.2) is 306 Å². The monoisotopic (exact) mass is 1200 g/mol. The van der Waals surface area contributed by atoms with E-state index in [1.165, 1.54) is 33.1 Å². The standard InChI is InChI=1S/C86H67BN4O2/c1-85(2,3)60-35-41-64(42-36-60)90-75-53-68(89(66-28-20-25-59(51-66)57-23-12-8-13-24-57)67-46-49-80-72(52-67)70-29-16-18-31-78(70)92-80)45-47-73(75)87-74-48-50-81-82(71-30-17-19-32-79(71)93-81)84(74)91(65-43-37-61(38-44-65)86(4,5)6)77-55-69(54-76(90)83(77)87)88(62-26-14-9-15-27-62)63-39-33-58(34-40-63)56-21-10-7-11-22-56/h7-55H,1-6H3. The van der Waals surface area contributed by atoms with Crippen molar-refractivity contribution < 1.29 is 8.83 Å². The fraction of sp³-hybridized carbons (Fsp3) is 0.0930. The molecular weight excluding hydrogens is 1130 g/mol. The molecule has 446 valence electrons. The van der Waals surface area contributed by atoms with Crippen LogP contribution in [-0.2, 0) is 10.8 Å². The van der Waals surface area contributed by atoms with Crippen molar-refractivity contribution in [3.8, 4) is 22.3 Å². The molecule has 0 N–H and O–H groups in total. The summed E-state index contributed by atoms with van der Waals surface area (Å²) in [5, 5.41) is 4.30. The van der Waals surface area contributed by atoms with E-state index in [-0.39, 0.29) is 17.5 Å². The first-order chi connectivity index (χ1) is 45.4. The highest BCUT2D eigenvalue weighted by atomic mass is 16.3. The molecule has 0 unspecified atom stereocenters. The maximum atomic E-state index is 6.91. The summed E-state index contributed by atoms with van der Waals surface area (Å²) in [5.74, 6) is 0. The zero-order chi connectivity index (χ0) is 62.7. The Morgan fingerprint density at radius 2 is 0.742 bits per heavy atom. The van der Waals surface area contributed by atoms with Crippen LogP contribution >= 0.6 is 0 Å². The van der Waals surface area contributed by atoms with Crippen LogP contribution in [0.5, 0.6) is 0 Å². The van der Waals surface area contributed by atoms with Gasteiger partial charge in [0.05, 0.1) is 16.8 Å². The Morgan fingerprint density at radius 1 is 0.301 bits per heavy atom. The van der Waals surface area contributed by atoms with Crippen molar-refractivity contribution >= 4 is 135 Å². The van der Waals surface area contributed by atoms with Gasteiger partial charge in [-0.15, -0.1) is 0 Å². The fourth-order valence-corrected chi connectivity index (χ4v) is 14.5. The minimum absolute atomic E-state index is 0.0605. The first-order valence-corrected chi connectivity index (χ1v) is 32.3. The molecule has 2 aliphatic rings. The van der Waals surface area contributed by atoms with Crippen LogP contribution in [0.4, 0.5) is 68.2 Å². The highest BCUT2D eigenvalue weighted by molar-refractivity contribution is 7.00. The summed E-state index contributed by atoms with van der Waals surface area (Å²) in [6.07, 6.45) is 0. The van der Waals surface area contributed by atoms with Gasteiger partial charge in [0.25, 0.3) is 6.71 Å². The molecular formula is C86H67BN4O2. The van der Waals surface area contributed by atoms with Crippen LogP contribution in [0.1, 0.15) is 52.7 Å². The molecule has 4 heterocycles. The van der Waals surface area contributed by atoms with E-state index >= 15 is 0 Å². The summed E-state index contributed by atoms with van der Waals surface area (Å²) >= 11 is 0. The lowest BCUT2D eigenvalue weighted by molar-refractivity contribution is 0.590. The number of fused-ring (bicyclic) bond motifs is 11. The Balaban J connectivity index is 0.978. The quantitative estimate of drug-likeness (QED) is 0.127. The van der Waals surface area contributed by atoms with Gasteiger partial charge >= 0.3 is 0 Å². The van der Waals surface area contributed by atoms with Crippen LogP contribution in [0.3, 0.4) is 0 Å². The van der Waals surface area contributed by atoms with Gasteiger partial charge in [-0.25, -0.2) is 0 Å². The van der Waals surface area contributed by atoms with Gasteiger partial charge in [-0.05, 0) is 182 Å². The highest BCUT2D eigenvalue weighted by Gasteiger charge is 2.46. The first kappa shape index (κ1) is 55.8. The second-order valence-corrected chi connectivity index (χ2v) is 26.9. The minimum atomic E-state index is -0.227. The van der Waals surface area contributed by atoms with Crippen molar-refractivity contribution in [2.24, 2.45) is 0 Å². The predicted molar refractivity (Wildman–Crippen MR) is 393 cm³/mol. The summed E-state index contributed by atoms with van der Waals surface area (Å²) in [6, 6.07) is 109. The Labute approximate surface area is 543 Å². The van der Waals surface area contributed by atoms with Gasteiger partial charge in [0.15, 0.2) is 0 Å². The van der Waals surface area contributed by atoms with E-state index in [0.717, 1.165) is 129 Å². The average Bonchev–Trinajstić information content (AvgIpc) is 1.51. The summed E-state index contributed by atoms with van der Waals surface area (Å²) in [6.45, 7) is 13.5. The van der Waals surface area contributed by atoms with Crippen LogP contribution in [0.2, 0.25) is 0 Å². The van der Waals surface area contributed by atoms with Crippen molar-refractivity contribution in [2.75, 3.05) is 19.6 Å². The molecule has 0 bridgehead atoms. The number of benzene rings is 13. The number of hydrogen-bond acceptors (Lipinski definition) is 6. The normalized spacial score (nSPS) is 12.8. The van der Waals surface area contributed by atoms with Gasteiger partial charge in [0.1, 0.15) is 22.3 Å². The SMILES string of the molecule is CC(C)(C)c1ccc(N2c3cc(N(c4cccc(-c5ccccc5)c4)c4ccc5oc6ccccc6c5c4)ccc3B3c4ccc5oc6ccccc6c5c4N(c4ccc(C(C)(C)C)cc4)c4cc(N(c5ccccc5)c5ccc(-c6ccccc6)cc5)cc2c43)cc1.